The van der Waals surface area contributed by atoms with Crippen molar-refractivity contribution < 1.29 is 28.7 Å². The molecule has 0 aliphatic carbocycles. The molecule has 0 bridgehead atoms. The first-order valence-corrected chi connectivity index (χ1v) is 5.60. The van der Waals surface area contributed by atoms with E-state index in [9.17, 15) is 19.2 Å². The van der Waals surface area contributed by atoms with Crippen LogP contribution in [0.4, 0.5) is 0 Å². The maximum absolute atomic E-state index is 11.2. The number of rotatable bonds is 7. The van der Waals surface area contributed by atoms with Gasteiger partial charge in [-0.25, -0.2) is 0 Å². The molecule has 0 aromatic rings. The van der Waals surface area contributed by atoms with Gasteiger partial charge in [0.25, 0.3) is 0 Å². The van der Waals surface area contributed by atoms with Crippen LogP contribution in [-0.4, -0.2) is 35.7 Å². The van der Waals surface area contributed by atoms with E-state index in [4.69, 9.17) is 9.47 Å². The van der Waals surface area contributed by atoms with Crippen molar-refractivity contribution in [2.75, 3.05) is 0 Å². The Morgan fingerprint density at radius 3 is 1.28 bits per heavy atom. The van der Waals surface area contributed by atoms with Gasteiger partial charge in [0.2, 0.25) is 0 Å². The first-order valence-electron chi connectivity index (χ1n) is 5.60. The Morgan fingerprint density at radius 2 is 1.06 bits per heavy atom. The molecule has 0 heterocycles. The zero-order valence-electron chi connectivity index (χ0n) is 11.0. The van der Waals surface area contributed by atoms with Crippen LogP contribution in [0.15, 0.2) is 0 Å². The number of carbonyl (C=O) groups is 4. The molecular weight excluding hydrogens is 240 g/mol. The summed E-state index contributed by atoms with van der Waals surface area (Å²) in [4.78, 5) is 43.8. The summed E-state index contributed by atoms with van der Waals surface area (Å²) in [5, 5.41) is 0. The van der Waals surface area contributed by atoms with Crippen molar-refractivity contribution in [3.8, 4) is 0 Å². The summed E-state index contributed by atoms with van der Waals surface area (Å²) in [5.74, 6) is -1.92. The van der Waals surface area contributed by atoms with Gasteiger partial charge in [-0.15, -0.1) is 0 Å². The minimum atomic E-state index is -0.673. The minimum Gasteiger partial charge on any atom is -0.458 e. The largest absolute Gasteiger partial charge is 0.458 e. The normalized spacial score (nSPS) is 13.3. The monoisotopic (exact) mass is 258 g/mol. The second-order valence-corrected chi connectivity index (χ2v) is 4.15. The Morgan fingerprint density at radius 1 is 0.778 bits per heavy atom. The Balaban J connectivity index is 4.13. The van der Waals surface area contributed by atoms with Gasteiger partial charge in [0.05, 0.1) is 0 Å². The summed E-state index contributed by atoms with van der Waals surface area (Å²) in [7, 11) is 0. The first-order chi connectivity index (χ1) is 8.22. The molecule has 18 heavy (non-hydrogen) atoms. The molecule has 2 unspecified atom stereocenters. The van der Waals surface area contributed by atoms with Crippen LogP contribution in [0.25, 0.3) is 0 Å². The Bertz CT molecular complexity index is 312. The summed E-state index contributed by atoms with van der Waals surface area (Å²) in [6, 6.07) is 0. The van der Waals surface area contributed by atoms with Crippen LogP contribution in [-0.2, 0) is 28.7 Å². The van der Waals surface area contributed by atoms with E-state index < -0.39 is 24.1 Å². The minimum absolute atomic E-state index is 0.298. The number of Topliss-reactive ketones (excluding diaryl/α,β-unsaturated/α-hetero) is 2. The summed E-state index contributed by atoms with van der Waals surface area (Å²) in [6.45, 7) is 5.65. The van der Waals surface area contributed by atoms with Crippen LogP contribution in [0.5, 0.6) is 0 Å². The third-order valence-corrected chi connectivity index (χ3v) is 2.08. The van der Waals surface area contributed by atoms with E-state index >= 15 is 0 Å². The highest BCUT2D eigenvalue weighted by atomic mass is 16.6. The Kier molecular flexibility index (Phi) is 6.85. The zero-order chi connectivity index (χ0) is 14.3. The molecule has 0 fully saturated rings. The zero-order valence-corrected chi connectivity index (χ0v) is 11.0. The van der Waals surface area contributed by atoms with E-state index in [1.165, 1.54) is 13.8 Å². The highest BCUT2D eigenvalue weighted by Gasteiger charge is 2.21. The lowest BCUT2D eigenvalue weighted by Gasteiger charge is -2.20. The number of carbonyl (C=O) groups excluding carboxylic acids is 4. The van der Waals surface area contributed by atoms with Crippen molar-refractivity contribution in [3.63, 3.8) is 0 Å². The highest BCUT2D eigenvalue weighted by Crippen LogP contribution is 2.06. The fourth-order valence-electron chi connectivity index (χ4n) is 1.10. The van der Waals surface area contributed by atoms with Gasteiger partial charge in [0.15, 0.2) is 0 Å². The van der Waals surface area contributed by atoms with E-state index in [1.807, 2.05) is 0 Å². The van der Waals surface area contributed by atoms with E-state index in [2.05, 4.69) is 0 Å². The quantitative estimate of drug-likeness (QED) is 0.496. The predicted octanol–water partition coefficient (Wildman–Crippen LogP) is 0.808. The summed E-state index contributed by atoms with van der Waals surface area (Å²) >= 11 is 0. The molecule has 6 heteroatoms. The Hall–Kier alpha value is -1.72. The van der Waals surface area contributed by atoms with Gasteiger partial charge in [-0.2, -0.15) is 0 Å². The van der Waals surface area contributed by atoms with Gasteiger partial charge in [-0.1, -0.05) is 0 Å². The topological polar surface area (TPSA) is 86.7 Å². The molecular formula is C12H18O6. The van der Waals surface area contributed by atoms with Gasteiger partial charge in [-0.05, 0) is 27.7 Å². The first kappa shape index (κ1) is 16.3. The third-order valence-electron chi connectivity index (χ3n) is 2.08. The molecule has 0 aliphatic rings. The second kappa shape index (κ2) is 7.58. The smallest absolute Gasteiger partial charge is 0.313 e. The number of ketones is 2. The maximum atomic E-state index is 11.2. The average molecular weight is 258 g/mol. The molecule has 0 amide bonds. The van der Waals surface area contributed by atoms with Crippen LogP contribution in [0.3, 0.4) is 0 Å². The fraction of sp³-hybridized carbons (Fsp3) is 0.667. The summed E-state index contributed by atoms with van der Waals surface area (Å²) in [5.41, 5.74) is 0. The van der Waals surface area contributed by atoms with E-state index in [0.29, 0.717) is 0 Å². The number of ether oxygens (including phenoxy) is 2. The maximum Gasteiger partial charge on any atom is 0.313 e. The van der Waals surface area contributed by atoms with Gasteiger partial charge in [0.1, 0.15) is 36.6 Å². The van der Waals surface area contributed by atoms with Crippen molar-refractivity contribution in [3.05, 3.63) is 0 Å². The lowest BCUT2D eigenvalue weighted by molar-refractivity contribution is -0.166. The molecule has 0 aromatic heterocycles. The van der Waals surface area contributed by atoms with Crippen LogP contribution >= 0.6 is 0 Å². The predicted molar refractivity (Wildman–Crippen MR) is 61.7 cm³/mol. The molecule has 6 nitrogen and oxygen atoms in total. The van der Waals surface area contributed by atoms with Gasteiger partial charge in [0, 0.05) is 0 Å². The summed E-state index contributed by atoms with van der Waals surface area (Å²) < 4.78 is 9.81. The number of hydrogen-bond donors (Lipinski definition) is 0. The van der Waals surface area contributed by atoms with Gasteiger partial charge in [-0.3, -0.25) is 19.2 Å². The molecule has 0 radical (unpaired) electrons. The van der Waals surface area contributed by atoms with Crippen LogP contribution in [0.2, 0.25) is 0 Å². The molecule has 2 atom stereocenters. The van der Waals surface area contributed by atoms with Crippen molar-refractivity contribution in [2.24, 2.45) is 0 Å². The second-order valence-electron chi connectivity index (χ2n) is 4.15. The van der Waals surface area contributed by atoms with Gasteiger partial charge < -0.3 is 9.47 Å². The Labute approximate surface area is 106 Å². The van der Waals surface area contributed by atoms with Gasteiger partial charge >= 0.3 is 11.9 Å². The van der Waals surface area contributed by atoms with Crippen molar-refractivity contribution in [2.45, 2.75) is 52.7 Å². The lowest BCUT2D eigenvalue weighted by Crippen LogP contribution is -2.31. The van der Waals surface area contributed by atoms with E-state index in [0.717, 1.165) is 0 Å². The van der Waals surface area contributed by atoms with Crippen molar-refractivity contribution in [1.82, 2.24) is 0 Å². The van der Waals surface area contributed by atoms with Crippen molar-refractivity contribution >= 4 is 23.5 Å². The van der Waals surface area contributed by atoms with Crippen molar-refractivity contribution in [1.29, 1.82) is 0 Å². The van der Waals surface area contributed by atoms with E-state index in [-0.39, 0.29) is 24.4 Å². The molecule has 102 valence electrons. The average Bonchev–Trinajstić information content (AvgIpc) is 2.13. The summed E-state index contributed by atoms with van der Waals surface area (Å²) in [6.07, 6.45) is -1.96. The molecule has 0 saturated heterocycles. The standard InChI is InChI=1S/C12H18O6/c1-7(13)5-11(15)17-9(3)10(4)18-12(16)6-8(2)14/h9-10H,5-6H2,1-4H3. The highest BCUT2D eigenvalue weighted by molar-refractivity contribution is 5.94. The molecule has 0 rings (SSSR count). The molecule has 0 aromatic carbocycles. The number of esters is 2. The fourth-order valence-corrected chi connectivity index (χ4v) is 1.10. The molecule has 0 saturated carbocycles. The molecule has 0 N–H and O–H groups in total. The molecule has 0 aliphatic heterocycles. The lowest BCUT2D eigenvalue weighted by atomic mass is 10.2. The SMILES string of the molecule is CC(=O)CC(=O)OC(C)C(C)OC(=O)CC(C)=O. The van der Waals surface area contributed by atoms with Crippen LogP contribution in [0.1, 0.15) is 40.5 Å². The van der Waals surface area contributed by atoms with E-state index in [1.54, 1.807) is 13.8 Å². The molecule has 0 spiro atoms. The number of hydrogen-bond acceptors (Lipinski definition) is 6. The van der Waals surface area contributed by atoms with Crippen LogP contribution < -0.4 is 0 Å². The third kappa shape index (κ3) is 7.54. The van der Waals surface area contributed by atoms with Crippen LogP contribution in [0, 0.1) is 0 Å².